The van der Waals surface area contributed by atoms with Gasteiger partial charge < -0.3 is 14.2 Å². The molecule has 2 aromatic rings. The number of hydrazone groups is 1. The van der Waals surface area contributed by atoms with Gasteiger partial charge in [0.05, 0.1) is 6.21 Å². The van der Waals surface area contributed by atoms with Gasteiger partial charge >= 0.3 is 0 Å². The number of carbonyl (C=O) groups is 1. The standard InChI is InChI=1S/C16H13ClN2O4/c17-12-3-1-2-11(6-12)8-18-19-16(20)9-21-13-4-5-14-15(7-13)23-10-22-14/h1-8H,9-10H2,(H,19,20)/b18-8-. The Morgan fingerprint density at radius 3 is 3.00 bits per heavy atom. The molecule has 23 heavy (non-hydrogen) atoms. The predicted molar refractivity (Wildman–Crippen MR) is 85.2 cm³/mol. The molecule has 1 aliphatic rings. The average molecular weight is 333 g/mol. The maximum Gasteiger partial charge on any atom is 0.277 e. The van der Waals surface area contributed by atoms with Gasteiger partial charge in [-0.3, -0.25) is 4.79 Å². The number of hydrogen-bond donors (Lipinski definition) is 1. The van der Waals surface area contributed by atoms with E-state index in [1.807, 2.05) is 6.07 Å². The Balaban J connectivity index is 1.48. The van der Waals surface area contributed by atoms with Crippen LogP contribution in [0.15, 0.2) is 47.6 Å². The molecule has 0 spiro atoms. The molecule has 1 amide bonds. The molecule has 0 fully saturated rings. The van der Waals surface area contributed by atoms with Crippen LogP contribution in [0.4, 0.5) is 0 Å². The van der Waals surface area contributed by atoms with Crippen LogP contribution in [0, 0.1) is 0 Å². The third-order valence-electron chi connectivity index (χ3n) is 2.97. The molecule has 6 nitrogen and oxygen atoms in total. The van der Waals surface area contributed by atoms with Crippen LogP contribution in [-0.2, 0) is 4.79 Å². The van der Waals surface area contributed by atoms with Crippen LogP contribution in [-0.4, -0.2) is 25.5 Å². The monoisotopic (exact) mass is 332 g/mol. The topological polar surface area (TPSA) is 69.2 Å². The number of nitrogens with zero attached hydrogens (tertiary/aromatic N) is 1. The highest BCUT2D eigenvalue weighted by Crippen LogP contribution is 2.34. The number of ether oxygens (including phenoxy) is 3. The molecule has 0 unspecified atom stereocenters. The number of amides is 1. The van der Waals surface area contributed by atoms with E-state index >= 15 is 0 Å². The number of hydrogen-bond acceptors (Lipinski definition) is 5. The second-order valence-electron chi connectivity index (χ2n) is 4.65. The van der Waals surface area contributed by atoms with Gasteiger partial charge in [-0.1, -0.05) is 23.7 Å². The fraction of sp³-hybridized carbons (Fsp3) is 0.125. The summed E-state index contributed by atoms with van der Waals surface area (Å²) in [7, 11) is 0. The lowest BCUT2D eigenvalue weighted by molar-refractivity contribution is -0.123. The molecular weight excluding hydrogens is 320 g/mol. The summed E-state index contributed by atoms with van der Waals surface area (Å²) >= 11 is 5.86. The quantitative estimate of drug-likeness (QED) is 0.675. The first-order chi connectivity index (χ1) is 11.2. The normalized spacial score (nSPS) is 12.4. The molecule has 0 atom stereocenters. The molecular formula is C16H13ClN2O4. The van der Waals surface area contributed by atoms with E-state index < -0.39 is 0 Å². The smallest absolute Gasteiger partial charge is 0.277 e. The predicted octanol–water partition coefficient (Wildman–Crippen LogP) is 2.60. The van der Waals surface area contributed by atoms with Crippen LogP contribution >= 0.6 is 11.6 Å². The van der Waals surface area contributed by atoms with E-state index in [1.54, 1.807) is 36.4 Å². The van der Waals surface area contributed by atoms with Crippen molar-refractivity contribution in [3.63, 3.8) is 0 Å². The maximum atomic E-state index is 11.7. The summed E-state index contributed by atoms with van der Waals surface area (Å²) in [5, 5.41) is 4.45. The minimum atomic E-state index is -0.374. The van der Waals surface area contributed by atoms with Crippen molar-refractivity contribution in [2.75, 3.05) is 13.4 Å². The highest BCUT2D eigenvalue weighted by atomic mass is 35.5. The van der Waals surface area contributed by atoms with E-state index in [4.69, 9.17) is 25.8 Å². The third-order valence-corrected chi connectivity index (χ3v) is 3.20. The largest absolute Gasteiger partial charge is 0.484 e. The van der Waals surface area contributed by atoms with E-state index in [-0.39, 0.29) is 19.3 Å². The highest BCUT2D eigenvalue weighted by Gasteiger charge is 2.14. The van der Waals surface area contributed by atoms with Crippen LogP contribution in [0.2, 0.25) is 5.02 Å². The lowest BCUT2D eigenvalue weighted by atomic mass is 10.2. The summed E-state index contributed by atoms with van der Waals surface area (Å²) in [5.74, 6) is 1.40. The lowest BCUT2D eigenvalue weighted by Crippen LogP contribution is -2.24. The summed E-state index contributed by atoms with van der Waals surface area (Å²) in [5.41, 5.74) is 3.17. The number of halogens is 1. The summed E-state index contributed by atoms with van der Waals surface area (Å²) in [6, 6.07) is 12.2. The first-order valence-electron chi connectivity index (χ1n) is 6.80. The maximum absolute atomic E-state index is 11.7. The lowest BCUT2D eigenvalue weighted by Gasteiger charge is -2.05. The van der Waals surface area contributed by atoms with Gasteiger partial charge in [0.2, 0.25) is 6.79 Å². The van der Waals surface area contributed by atoms with E-state index in [0.29, 0.717) is 22.3 Å². The second-order valence-corrected chi connectivity index (χ2v) is 5.09. The van der Waals surface area contributed by atoms with Crippen molar-refractivity contribution in [3.05, 3.63) is 53.1 Å². The van der Waals surface area contributed by atoms with Crippen molar-refractivity contribution in [2.45, 2.75) is 0 Å². The Morgan fingerprint density at radius 2 is 2.13 bits per heavy atom. The molecule has 118 valence electrons. The van der Waals surface area contributed by atoms with Crippen molar-refractivity contribution in [3.8, 4) is 17.2 Å². The van der Waals surface area contributed by atoms with Crippen LogP contribution in [0.5, 0.6) is 17.2 Å². The third kappa shape index (κ3) is 4.14. The van der Waals surface area contributed by atoms with Crippen LogP contribution < -0.4 is 19.6 Å². The molecule has 0 saturated carbocycles. The van der Waals surface area contributed by atoms with Gasteiger partial charge in [0.1, 0.15) is 5.75 Å². The van der Waals surface area contributed by atoms with Gasteiger partial charge in [0, 0.05) is 11.1 Å². The Hall–Kier alpha value is -2.73. The molecule has 1 heterocycles. The highest BCUT2D eigenvalue weighted by molar-refractivity contribution is 6.30. The molecule has 0 radical (unpaired) electrons. The van der Waals surface area contributed by atoms with Gasteiger partial charge in [-0.15, -0.1) is 0 Å². The van der Waals surface area contributed by atoms with Crippen molar-refractivity contribution in [1.29, 1.82) is 0 Å². The fourth-order valence-corrected chi connectivity index (χ4v) is 2.11. The number of fused-ring (bicyclic) bond motifs is 1. The number of rotatable bonds is 5. The van der Waals surface area contributed by atoms with Crippen LogP contribution in [0.25, 0.3) is 0 Å². The summed E-state index contributed by atoms with van der Waals surface area (Å²) < 4.78 is 15.8. The van der Waals surface area contributed by atoms with E-state index in [0.717, 1.165) is 5.56 Å². The minimum absolute atomic E-state index is 0.160. The SMILES string of the molecule is O=C(COc1ccc2c(c1)OCO2)N/N=C\c1cccc(Cl)c1. The van der Waals surface area contributed by atoms with Crippen LogP contribution in [0.1, 0.15) is 5.56 Å². The molecule has 2 aromatic carbocycles. The zero-order valence-corrected chi connectivity index (χ0v) is 12.7. The Bertz CT molecular complexity index is 749. The van der Waals surface area contributed by atoms with E-state index in [9.17, 15) is 4.79 Å². The number of nitrogens with one attached hydrogen (secondary N) is 1. The van der Waals surface area contributed by atoms with Crippen molar-refractivity contribution >= 4 is 23.7 Å². The molecule has 1 N–H and O–H groups in total. The zero-order valence-electron chi connectivity index (χ0n) is 12.0. The van der Waals surface area contributed by atoms with Crippen LogP contribution in [0.3, 0.4) is 0 Å². The van der Waals surface area contributed by atoms with Crippen molar-refractivity contribution in [2.24, 2.45) is 5.10 Å². The molecule has 1 aliphatic heterocycles. The molecule has 7 heteroatoms. The summed E-state index contributed by atoms with van der Waals surface area (Å²) in [6.07, 6.45) is 1.50. The number of carbonyl (C=O) groups excluding carboxylic acids is 1. The Kier molecular flexibility index (Phi) is 4.63. The molecule has 3 rings (SSSR count). The van der Waals surface area contributed by atoms with Gasteiger partial charge in [0.15, 0.2) is 18.1 Å². The van der Waals surface area contributed by atoms with Gasteiger partial charge in [-0.05, 0) is 29.8 Å². The first-order valence-corrected chi connectivity index (χ1v) is 7.18. The molecule has 0 bridgehead atoms. The van der Waals surface area contributed by atoms with E-state index in [2.05, 4.69) is 10.5 Å². The Labute approximate surface area is 137 Å². The molecule has 0 saturated heterocycles. The van der Waals surface area contributed by atoms with Gasteiger partial charge in [-0.25, -0.2) is 5.43 Å². The second kappa shape index (κ2) is 7.02. The first kappa shape index (κ1) is 15.2. The van der Waals surface area contributed by atoms with Gasteiger partial charge in [-0.2, -0.15) is 5.10 Å². The Morgan fingerprint density at radius 1 is 1.26 bits per heavy atom. The average Bonchev–Trinajstić information content (AvgIpc) is 3.00. The number of benzene rings is 2. The zero-order chi connectivity index (χ0) is 16.1. The summed E-state index contributed by atoms with van der Waals surface area (Å²) in [4.78, 5) is 11.7. The summed E-state index contributed by atoms with van der Waals surface area (Å²) in [6.45, 7) is 0.0318. The van der Waals surface area contributed by atoms with Gasteiger partial charge in [0.25, 0.3) is 5.91 Å². The minimum Gasteiger partial charge on any atom is -0.484 e. The van der Waals surface area contributed by atoms with Crippen molar-refractivity contribution in [1.82, 2.24) is 5.43 Å². The molecule has 0 aromatic heterocycles. The van der Waals surface area contributed by atoms with E-state index in [1.165, 1.54) is 6.21 Å². The van der Waals surface area contributed by atoms with Crippen molar-refractivity contribution < 1.29 is 19.0 Å². The molecule has 0 aliphatic carbocycles. The fourth-order valence-electron chi connectivity index (χ4n) is 1.91.